The Morgan fingerprint density at radius 3 is 2.86 bits per heavy atom. The van der Waals surface area contributed by atoms with Gasteiger partial charge in [-0.1, -0.05) is 12.5 Å². The molecule has 0 radical (unpaired) electrons. The second kappa shape index (κ2) is 6.38. The highest BCUT2D eigenvalue weighted by atomic mass is 16.3. The number of nitrogens with two attached hydrogens (primary N) is 1. The van der Waals surface area contributed by atoms with E-state index in [2.05, 4.69) is 30.9 Å². The summed E-state index contributed by atoms with van der Waals surface area (Å²) in [6.45, 7) is 0. The van der Waals surface area contributed by atoms with Crippen molar-refractivity contribution in [2.75, 3.05) is 16.4 Å². The molecule has 1 saturated carbocycles. The SMILES string of the molecule is Nc1n[nH]c2cc(Nc3nc4cccc(NC5(O)CCCCC5)n4n3)ccc12. The Balaban J connectivity index is 1.44. The maximum Gasteiger partial charge on any atom is 0.247 e. The minimum Gasteiger partial charge on any atom is -0.382 e. The number of nitrogens with one attached hydrogen (secondary N) is 3. The highest BCUT2D eigenvalue weighted by molar-refractivity contribution is 5.91. The van der Waals surface area contributed by atoms with E-state index in [0.717, 1.165) is 54.5 Å². The zero-order valence-corrected chi connectivity index (χ0v) is 15.3. The monoisotopic (exact) mass is 378 g/mol. The van der Waals surface area contributed by atoms with Crippen molar-refractivity contribution in [3.05, 3.63) is 36.4 Å². The van der Waals surface area contributed by atoms with Crippen LogP contribution in [0.2, 0.25) is 0 Å². The van der Waals surface area contributed by atoms with Crippen molar-refractivity contribution in [2.45, 2.75) is 37.8 Å². The van der Waals surface area contributed by atoms with Gasteiger partial charge in [-0.05, 0) is 56.0 Å². The number of nitrogens with zero attached hydrogens (tertiary/aromatic N) is 4. The fourth-order valence-electron chi connectivity index (χ4n) is 3.80. The van der Waals surface area contributed by atoms with Crippen LogP contribution in [0.5, 0.6) is 0 Å². The standard InChI is InChI=1S/C19H22N8O/c20-17-13-8-7-12(11-14(13)24-25-17)21-18-22-15-5-4-6-16(27(15)26-18)23-19(28)9-2-1-3-10-19/h4-8,11,23,28H,1-3,9-10H2,(H,21,26)(H3,20,24,25). The molecule has 1 fully saturated rings. The lowest BCUT2D eigenvalue weighted by Gasteiger charge is -2.33. The minimum absolute atomic E-state index is 0.469. The van der Waals surface area contributed by atoms with Crippen LogP contribution < -0.4 is 16.4 Å². The van der Waals surface area contributed by atoms with Crippen molar-refractivity contribution in [2.24, 2.45) is 0 Å². The zero-order chi connectivity index (χ0) is 19.1. The summed E-state index contributed by atoms with van der Waals surface area (Å²) in [4.78, 5) is 4.54. The second-order valence-electron chi connectivity index (χ2n) is 7.33. The number of aliphatic hydroxyl groups is 1. The van der Waals surface area contributed by atoms with Crippen LogP contribution in [0.4, 0.5) is 23.3 Å². The smallest absolute Gasteiger partial charge is 0.247 e. The Kier molecular flexibility index (Phi) is 3.83. The molecule has 4 aromatic rings. The van der Waals surface area contributed by atoms with Gasteiger partial charge in [0.25, 0.3) is 0 Å². The third kappa shape index (κ3) is 2.99. The van der Waals surface area contributed by atoms with Gasteiger partial charge >= 0.3 is 0 Å². The average Bonchev–Trinajstić information content (AvgIpc) is 3.26. The van der Waals surface area contributed by atoms with Crippen LogP contribution in [0.1, 0.15) is 32.1 Å². The van der Waals surface area contributed by atoms with Crippen LogP contribution in [0, 0.1) is 0 Å². The zero-order valence-electron chi connectivity index (χ0n) is 15.3. The number of fused-ring (bicyclic) bond motifs is 2. The summed E-state index contributed by atoms with van der Waals surface area (Å²) >= 11 is 0. The molecule has 9 nitrogen and oxygen atoms in total. The van der Waals surface area contributed by atoms with Gasteiger partial charge in [0.1, 0.15) is 11.5 Å². The van der Waals surface area contributed by atoms with Crippen molar-refractivity contribution >= 4 is 39.8 Å². The van der Waals surface area contributed by atoms with Gasteiger partial charge < -0.3 is 21.5 Å². The Bertz CT molecular complexity index is 1140. The summed E-state index contributed by atoms with van der Waals surface area (Å²) in [5.74, 6) is 1.67. The predicted octanol–water partition coefficient (Wildman–Crippen LogP) is 3.00. The summed E-state index contributed by atoms with van der Waals surface area (Å²) in [5.41, 5.74) is 7.29. The third-order valence-electron chi connectivity index (χ3n) is 5.25. The molecular weight excluding hydrogens is 356 g/mol. The number of anilines is 4. The van der Waals surface area contributed by atoms with E-state index in [1.807, 2.05) is 36.4 Å². The van der Waals surface area contributed by atoms with E-state index in [9.17, 15) is 5.11 Å². The second-order valence-corrected chi connectivity index (χ2v) is 7.33. The Labute approximate surface area is 161 Å². The number of H-pyrrole nitrogens is 1. The molecule has 1 aliphatic rings. The lowest BCUT2D eigenvalue weighted by molar-refractivity contribution is 0.0311. The molecule has 1 aliphatic carbocycles. The number of nitrogen functional groups attached to an aromatic ring is 1. The summed E-state index contributed by atoms with van der Waals surface area (Å²) in [5, 5.41) is 29.6. The number of aromatic nitrogens is 5. The quantitative estimate of drug-likeness (QED) is 0.345. The normalized spacial score (nSPS) is 16.5. The van der Waals surface area contributed by atoms with E-state index in [-0.39, 0.29) is 0 Å². The van der Waals surface area contributed by atoms with Crippen molar-refractivity contribution in [1.82, 2.24) is 24.8 Å². The summed E-state index contributed by atoms with van der Waals surface area (Å²) in [6.07, 6.45) is 4.67. The maximum absolute atomic E-state index is 10.8. The predicted molar refractivity (Wildman–Crippen MR) is 108 cm³/mol. The van der Waals surface area contributed by atoms with Crippen LogP contribution >= 0.6 is 0 Å². The van der Waals surface area contributed by atoms with Crippen molar-refractivity contribution < 1.29 is 5.11 Å². The Hall–Kier alpha value is -3.33. The molecule has 144 valence electrons. The van der Waals surface area contributed by atoms with Gasteiger partial charge in [-0.15, -0.1) is 5.10 Å². The first-order valence-electron chi connectivity index (χ1n) is 9.47. The largest absolute Gasteiger partial charge is 0.382 e. The molecule has 3 heterocycles. The topological polar surface area (TPSA) is 129 Å². The van der Waals surface area contributed by atoms with Crippen LogP contribution in [0.3, 0.4) is 0 Å². The molecule has 0 atom stereocenters. The molecule has 0 amide bonds. The van der Waals surface area contributed by atoms with Crippen LogP contribution in [0.25, 0.3) is 16.6 Å². The number of benzene rings is 1. The lowest BCUT2D eigenvalue weighted by atomic mass is 9.92. The molecule has 6 N–H and O–H groups in total. The molecule has 0 bridgehead atoms. The third-order valence-corrected chi connectivity index (χ3v) is 5.25. The number of hydrogen-bond donors (Lipinski definition) is 5. The molecule has 1 aromatic carbocycles. The molecule has 0 saturated heterocycles. The number of rotatable bonds is 4. The van der Waals surface area contributed by atoms with E-state index < -0.39 is 5.72 Å². The van der Waals surface area contributed by atoms with Gasteiger partial charge in [-0.2, -0.15) is 14.6 Å². The van der Waals surface area contributed by atoms with Gasteiger partial charge in [0.2, 0.25) is 5.95 Å². The highest BCUT2D eigenvalue weighted by Crippen LogP contribution is 2.30. The number of hydrogen-bond acceptors (Lipinski definition) is 7. The first kappa shape index (κ1) is 16.8. The van der Waals surface area contributed by atoms with Gasteiger partial charge in [-0.3, -0.25) is 5.10 Å². The molecule has 0 spiro atoms. The van der Waals surface area contributed by atoms with Crippen molar-refractivity contribution in [3.63, 3.8) is 0 Å². The summed E-state index contributed by atoms with van der Waals surface area (Å²) in [7, 11) is 0. The van der Waals surface area contributed by atoms with Crippen molar-refractivity contribution in [1.29, 1.82) is 0 Å². The van der Waals surface area contributed by atoms with Gasteiger partial charge in [0.15, 0.2) is 11.5 Å². The van der Waals surface area contributed by atoms with Crippen LogP contribution in [-0.4, -0.2) is 35.6 Å². The molecule has 9 heteroatoms. The van der Waals surface area contributed by atoms with E-state index in [1.54, 1.807) is 4.52 Å². The minimum atomic E-state index is -0.891. The Morgan fingerprint density at radius 2 is 2.00 bits per heavy atom. The van der Waals surface area contributed by atoms with Gasteiger partial charge in [0, 0.05) is 11.1 Å². The summed E-state index contributed by atoms with van der Waals surface area (Å²) in [6, 6.07) is 11.4. The molecule has 28 heavy (non-hydrogen) atoms. The fraction of sp³-hybridized carbons (Fsp3) is 0.316. The number of aromatic amines is 1. The van der Waals surface area contributed by atoms with Gasteiger partial charge in [0.05, 0.1) is 5.52 Å². The maximum atomic E-state index is 10.8. The van der Waals surface area contributed by atoms with E-state index >= 15 is 0 Å². The average molecular weight is 378 g/mol. The van der Waals surface area contributed by atoms with E-state index in [4.69, 9.17) is 5.73 Å². The summed E-state index contributed by atoms with van der Waals surface area (Å²) < 4.78 is 1.71. The van der Waals surface area contributed by atoms with E-state index in [1.165, 1.54) is 0 Å². The fourth-order valence-corrected chi connectivity index (χ4v) is 3.80. The van der Waals surface area contributed by atoms with Crippen LogP contribution in [-0.2, 0) is 0 Å². The van der Waals surface area contributed by atoms with Gasteiger partial charge in [-0.25, -0.2) is 0 Å². The molecule has 3 aromatic heterocycles. The molecule has 0 unspecified atom stereocenters. The molecule has 5 rings (SSSR count). The first-order chi connectivity index (χ1) is 13.6. The highest BCUT2D eigenvalue weighted by Gasteiger charge is 2.29. The van der Waals surface area contributed by atoms with Crippen LogP contribution in [0.15, 0.2) is 36.4 Å². The van der Waals surface area contributed by atoms with Crippen molar-refractivity contribution in [3.8, 4) is 0 Å². The molecule has 0 aliphatic heterocycles. The molecular formula is C19H22N8O. The Morgan fingerprint density at radius 1 is 1.14 bits per heavy atom. The van der Waals surface area contributed by atoms with E-state index in [0.29, 0.717) is 17.4 Å². The lowest BCUT2D eigenvalue weighted by Crippen LogP contribution is -2.40. The first-order valence-corrected chi connectivity index (χ1v) is 9.47. The number of pyridine rings is 1.